The Hall–Kier alpha value is -3.61. The number of hydrogen-bond acceptors (Lipinski definition) is 4. The Kier molecular flexibility index (Phi) is 7.07. The van der Waals surface area contributed by atoms with E-state index in [0.29, 0.717) is 23.6 Å². The molecule has 2 amide bonds. The number of para-hydroxylation sites is 1. The molecule has 0 saturated carbocycles. The van der Waals surface area contributed by atoms with E-state index >= 15 is 0 Å². The van der Waals surface area contributed by atoms with Crippen LogP contribution in [0.3, 0.4) is 0 Å². The van der Waals surface area contributed by atoms with Crippen molar-refractivity contribution >= 4 is 11.8 Å². The number of ether oxygens (including phenoxy) is 1. The molecule has 1 N–H and O–H groups in total. The summed E-state index contributed by atoms with van der Waals surface area (Å²) in [5, 5.41) is 7.51. The quantitative estimate of drug-likeness (QED) is 0.607. The minimum atomic E-state index is -0.279. The molecule has 3 rings (SSSR count). The first-order chi connectivity index (χ1) is 14.9. The largest absolute Gasteiger partial charge is 0.496 e. The van der Waals surface area contributed by atoms with E-state index in [9.17, 15) is 9.59 Å². The standard InChI is InChI=1S/C24H28N4O3/c1-17(2)25-22(29)16-27(3)24(30)20-15-28(14-18-10-6-5-7-11-18)26-23(20)19-12-8-9-13-21(19)31-4/h5-13,15,17H,14,16H2,1-4H3,(H,25,29). The minimum absolute atomic E-state index is 0.00812. The molecule has 0 atom stereocenters. The summed E-state index contributed by atoms with van der Waals surface area (Å²) in [6.07, 6.45) is 1.73. The van der Waals surface area contributed by atoms with Gasteiger partial charge in [0.15, 0.2) is 0 Å². The van der Waals surface area contributed by atoms with E-state index in [1.54, 1.807) is 25.0 Å². The van der Waals surface area contributed by atoms with Gasteiger partial charge in [-0.3, -0.25) is 14.3 Å². The molecule has 3 aromatic rings. The fourth-order valence-electron chi connectivity index (χ4n) is 3.33. The van der Waals surface area contributed by atoms with Gasteiger partial charge in [-0.1, -0.05) is 42.5 Å². The van der Waals surface area contributed by atoms with Crippen LogP contribution < -0.4 is 10.1 Å². The van der Waals surface area contributed by atoms with Gasteiger partial charge >= 0.3 is 0 Å². The average molecular weight is 421 g/mol. The molecule has 2 aromatic carbocycles. The molecule has 0 unspecified atom stereocenters. The van der Waals surface area contributed by atoms with Crippen molar-refractivity contribution in [3.8, 4) is 17.0 Å². The summed E-state index contributed by atoms with van der Waals surface area (Å²) in [4.78, 5) is 26.8. The Morgan fingerprint density at radius 3 is 2.45 bits per heavy atom. The van der Waals surface area contributed by atoms with Crippen molar-refractivity contribution < 1.29 is 14.3 Å². The first-order valence-corrected chi connectivity index (χ1v) is 10.2. The number of carbonyl (C=O) groups is 2. The third kappa shape index (κ3) is 5.51. The lowest BCUT2D eigenvalue weighted by atomic mass is 10.1. The number of hydrogen-bond donors (Lipinski definition) is 1. The highest BCUT2D eigenvalue weighted by Gasteiger charge is 2.24. The second-order valence-electron chi connectivity index (χ2n) is 7.66. The smallest absolute Gasteiger partial charge is 0.257 e. The average Bonchev–Trinajstić information content (AvgIpc) is 3.16. The summed E-state index contributed by atoms with van der Waals surface area (Å²) >= 11 is 0. The SMILES string of the molecule is COc1ccccc1-c1nn(Cc2ccccc2)cc1C(=O)N(C)CC(=O)NC(C)C. The summed E-state index contributed by atoms with van der Waals surface area (Å²) < 4.78 is 7.23. The van der Waals surface area contributed by atoms with Gasteiger partial charge in [0.25, 0.3) is 5.91 Å². The number of carbonyl (C=O) groups excluding carboxylic acids is 2. The van der Waals surface area contributed by atoms with Crippen molar-refractivity contribution in [1.82, 2.24) is 20.0 Å². The van der Waals surface area contributed by atoms with Crippen LogP contribution in [-0.2, 0) is 11.3 Å². The molecule has 31 heavy (non-hydrogen) atoms. The van der Waals surface area contributed by atoms with Crippen LogP contribution in [0, 0.1) is 0 Å². The molecule has 162 valence electrons. The van der Waals surface area contributed by atoms with Crippen molar-refractivity contribution in [2.45, 2.75) is 26.4 Å². The van der Waals surface area contributed by atoms with E-state index in [-0.39, 0.29) is 24.4 Å². The molecule has 0 aliphatic heterocycles. The molecule has 1 aromatic heterocycles. The lowest BCUT2D eigenvalue weighted by molar-refractivity contribution is -0.122. The zero-order valence-electron chi connectivity index (χ0n) is 18.3. The topological polar surface area (TPSA) is 76.5 Å². The van der Waals surface area contributed by atoms with Gasteiger partial charge in [-0.05, 0) is 31.5 Å². The molecular formula is C24H28N4O3. The van der Waals surface area contributed by atoms with Gasteiger partial charge in [0.1, 0.15) is 11.4 Å². The molecule has 7 heteroatoms. The zero-order valence-corrected chi connectivity index (χ0v) is 18.3. The van der Waals surface area contributed by atoms with Gasteiger partial charge in [-0.15, -0.1) is 0 Å². The molecule has 0 spiro atoms. The van der Waals surface area contributed by atoms with Crippen LogP contribution in [0.2, 0.25) is 0 Å². The molecule has 0 aliphatic carbocycles. The van der Waals surface area contributed by atoms with Crippen molar-refractivity contribution in [3.63, 3.8) is 0 Å². The van der Waals surface area contributed by atoms with Crippen LogP contribution in [0.15, 0.2) is 60.8 Å². The van der Waals surface area contributed by atoms with E-state index in [2.05, 4.69) is 5.32 Å². The van der Waals surface area contributed by atoms with Crippen molar-refractivity contribution in [3.05, 3.63) is 71.9 Å². The Morgan fingerprint density at radius 1 is 1.10 bits per heavy atom. The fraction of sp³-hybridized carbons (Fsp3) is 0.292. The predicted octanol–water partition coefficient (Wildman–Crippen LogP) is 3.20. The zero-order chi connectivity index (χ0) is 22.4. The maximum absolute atomic E-state index is 13.3. The highest BCUT2D eigenvalue weighted by atomic mass is 16.5. The summed E-state index contributed by atoms with van der Waals surface area (Å²) in [6, 6.07) is 17.4. The lowest BCUT2D eigenvalue weighted by Crippen LogP contribution is -2.40. The second kappa shape index (κ2) is 9.93. The number of benzene rings is 2. The van der Waals surface area contributed by atoms with Gasteiger partial charge in [-0.25, -0.2) is 0 Å². The number of likely N-dealkylation sites (N-methyl/N-ethyl adjacent to an activating group) is 1. The Labute approximate surface area is 182 Å². The third-order valence-corrected chi connectivity index (χ3v) is 4.72. The number of nitrogens with one attached hydrogen (secondary N) is 1. The Bertz CT molecular complexity index is 1040. The summed E-state index contributed by atoms with van der Waals surface area (Å²) in [5.74, 6) is 0.141. The molecular weight excluding hydrogens is 392 g/mol. The predicted molar refractivity (Wildman–Crippen MR) is 120 cm³/mol. The minimum Gasteiger partial charge on any atom is -0.496 e. The van der Waals surface area contributed by atoms with Crippen molar-refractivity contribution in [2.75, 3.05) is 20.7 Å². The van der Waals surface area contributed by atoms with Gasteiger partial charge in [0, 0.05) is 24.8 Å². The van der Waals surface area contributed by atoms with Crippen LogP contribution in [0.25, 0.3) is 11.3 Å². The molecule has 1 heterocycles. The highest BCUT2D eigenvalue weighted by molar-refractivity contribution is 6.01. The van der Waals surface area contributed by atoms with E-state index in [1.165, 1.54) is 4.90 Å². The van der Waals surface area contributed by atoms with Gasteiger partial charge in [0.05, 0.1) is 25.8 Å². The normalized spacial score (nSPS) is 10.7. The van der Waals surface area contributed by atoms with E-state index in [0.717, 1.165) is 11.1 Å². The Balaban J connectivity index is 1.96. The van der Waals surface area contributed by atoms with Crippen molar-refractivity contribution in [1.29, 1.82) is 0 Å². The first-order valence-electron chi connectivity index (χ1n) is 10.2. The molecule has 0 radical (unpaired) electrons. The summed E-state index contributed by atoms with van der Waals surface area (Å²) in [6.45, 7) is 4.25. The Morgan fingerprint density at radius 2 is 1.77 bits per heavy atom. The number of aromatic nitrogens is 2. The van der Waals surface area contributed by atoms with Crippen LogP contribution >= 0.6 is 0 Å². The van der Waals surface area contributed by atoms with Crippen LogP contribution in [0.1, 0.15) is 29.8 Å². The monoisotopic (exact) mass is 420 g/mol. The molecule has 0 fully saturated rings. The summed E-state index contributed by atoms with van der Waals surface area (Å²) in [7, 11) is 3.20. The maximum Gasteiger partial charge on any atom is 0.257 e. The maximum atomic E-state index is 13.3. The van der Waals surface area contributed by atoms with Crippen molar-refractivity contribution in [2.24, 2.45) is 0 Å². The number of methoxy groups -OCH3 is 1. The van der Waals surface area contributed by atoms with Gasteiger partial charge in [-0.2, -0.15) is 5.10 Å². The number of nitrogens with zero attached hydrogens (tertiary/aromatic N) is 3. The second-order valence-corrected chi connectivity index (χ2v) is 7.66. The van der Waals surface area contributed by atoms with Crippen LogP contribution in [0.5, 0.6) is 5.75 Å². The molecule has 7 nitrogen and oxygen atoms in total. The number of amides is 2. The van der Waals surface area contributed by atoms with Crippen LogP contribution in [0.4, 0.5) is 0 Å². The highest BCUT2D eigenvalue weighted by Crippen LogP contribution is 2.31. The van der Waals surface area contributed by atoms with E-state index < -0.39 is 0 Å². The van der Waals surface area contributed by atoms with Crippen LogP contribution in [-0.4, -0.2) is 53.2 Å². The first kappa shape index (κ1) is 22.1. The fourth-order valence-corrected chi connectivity index (χ4v) is 3.33. The number of rotatable bonds is 8. The molecule has 0 bridgehead atoms. The molecule has 0 aliphatic rings. The van der Waals surface area contributed by atoms with Gasteiger partial charge in [0.2, 0.25) is 5.91 Å². The lowest BCUT2D eigenvalue weighted by Gasteiger charge is -2.18. The van der Waals surface area contributed by atoms with E-state index in [4.69, 9.17) is 9.84 Å². The third-order valence-electron chi connectivity index (χ3n) is 4.72. The van der Waals surface area contributed by atoms with Gasteiger partial charge < -0.3 is 15.0 Å². The van der Waals surface area contributed by atoms with E-state index in [1.807, 2.05) is 68.4 Å². The summed E-state index contributed by atoms with van der Waals surface area (Å²) in [5.41, 5.74) is 2.73. The molecule has 0 saturated heterocycles.